The monoisotopic (exact) mass is 379 g/mol. The van der Waals surface area contributed by atoms with Crippen LogP contribution in [0.3, 0.4) is 0 Å². The fourth-order valence-corrected chi connectivity index (χ4v) is 3.20. The summed E-state index contributed by atoms with van der Waals surface area (Å²) in [6.07, 6.45) is 1.51. The molecular weight excluding hydrogens is 358 g/mol. The Morgan fingerprint density at radius 2 is 1.71 bits per heavy atom. The molecule has 2 aromatic heterocycles. The molecule has 8 nitrogen and oxygen atoms in total. The SMILES string of the molecule is Cc1ccc(NC(=O)N2CCN(C(=O)c3cnc4onc(C)c4c3)CC2)cc1. The van der Waals surface area contributed by atoms with Gasteiger partial charge in [-0.3, -0.25) is 4.79 Å². The number of hydrogen-bond acceptors (Lipinski definition) is 5. The third-order valence-corrected chi connectivity index (χ3v) is 4.91. The molecule has 1 saturated heterocycles. The zero-order valence-corrected chi connectivity index (χ0v) is 15.8. The Morgan fingerprint density at radius 3 is 2.43 bits per heavy atom. The predicted octanol–water partition coefficient (Wildman–Crippen LogP) is 2.83. The Hall–Kier alpha value is -3.42. The van der Waals surface area contributed by atoms with E-state index in [1.165, 1.54) is 6.20 Å². The second kappa shape index (κ2) is 7.30. The largest absolute Gasteiger partial charge is 0.336 e. The molecule has 144 valence electrons. The molecule has 1 fully saturated rings. The van der Waals surface area contributed by atoms with Crippen molar-refractivity contribution in [2.45, 2.75) is 13.8 Å². The highest BCUT2D eigenvalue weighted by atomic mass is 16.5. The van der Waals surface area contributed by atoms with E-state index in [9.17, 15) is 9.59 Å². The fourth-order valence-electron chi connectivity index (χ4n) is 3.20. The number of amides is 3. The van der Waals surface area contributed by atoms with Gasteiger partial charge in [0, 0.05) is 38.1 Å². The van der Waals surface area contributed by atoms with Crippen LogP contribution in [0.4, 0.5) is 10.5 Å². The van der Waals surface area contributed by atoms with Crippen LogP contribution < -0.4 is 5.32 Å². The van der Waals surface area contributed by atoms with E-state index in [0.717, 1.165) is 16.6 Å². The number of pyridine rings is 1. The van der Waals surface area contributed by atoms with E-state index >= 15 is 0 Å². The van der Waals surface area contributed by atoms with Gasteiger partial charge in [0.1, 0.15) is 0 Å². The molecule has 1 aliphatic rings. The highest BCUT2D eigenvalue weighted by molar-refractivity contribution is 5.97. The molecule has 4 rings (SSSR count). The molecular formula is C20H21N5O3. The summed E-state index contributed by atoms with van der Waals surface area (Å²) in [5.41, 5.74) is 3.52. The first kappa shape index (κ1) is 18.0. The second-order valence-corrected chi connectivity index (χ2v) is 6.92. The number of fused-ring (bicyclic) bond motifs is 1. The number of rotatable bonds is 2. The Balaban J connectivity index is 1.37. The van der Waals surface area contributed by atoms with E-state index in [-0.39, 0.29) is 11.9 Å². The van der Waals surface area contributed by atoms with Gasteiger partial charge >= 0.3 is 6.03 Å². The lowest BCUT2D eigenvalue weighted by molar-refractivity contribution is 0.0671. The average Bonchev–Trinajstić information content (AvgIpc) is 3.09. The van der Waals surface area contributed by atoms with Crippen molar-refractivity contribution in [3.05, 3.63) is 53.3 Å². The Kier molecular flexibility index (Phi) is 4.68. The molecule has 0 saturated carbocycles. The number of nitrogens with zero attached hydrogens (tertiary/aromatic N) is 4. The zero-order valence-electron chi connectivity index (χ0n) is 15.8. The lowest BCUT2D eigenvalue weighted by Crippen LogP contribution is -2.51. The summed E-state index contributed by atoms with van der Waals surface area (Å²) in [7, 11) is 0. The summed E-state index contributed by atoms with van der Waals surface area (Å²) in [6.45, 7) is 5.71. The van der Waals surface area contributed by atoms with Crippen LogP contribution in [0.15, 0.2) is 41.1 Å². The van der Waals surface area contributed by atoms with Gasteiger partial charge in [0.25, 0.3) is 11.6 Å². The molecule has 28 heavy (non-hydrogen) atoms. The van der Waals surface area contributed by atoms with Crippen LogP contribution in [0.1, 0.15) is 21.6 Å². The van der Waals surface area contributed by atoms with Gasteiger partial charge in [-0.15, -0.1) is 0 Å². The van der Waals surface area contributed by atoms with Crippen molar-refractivity contribution in [3.63, 3.8) is 0 Å². The summed E-state index contributed by atoms with van der Waals surface area (Å²) in [5, 5.41) is 7.50. The van der Waals surface area contributed by atoms with Crippen molar-refractivity contribution in [3.8, 4) is 0 Å². The first-order valence-corrected chi connectivity index (χ1v) is 9.15. The average molecular weight is 379 g/mol. The number of aryl methyl sites for hydroxylation is 2. The topological polar surface area (TPSA) is 91.6 Å². The van der Waals surface area contributed by atoms with E-state index < -0.39 is 0 Å². The molecule has 3 aromatic rings. The van der Waals surface area contributed by atoms with Crippen molar-refractivity contribution >= 4 is 28.7 Å². The molecule has 3 heterocycles. The molecule has 1 N–H and O–H groups in total. The highest BCUT2D eigenvalue weighted by Crippen LogP contribution is 2.18. The zero-order chi connectivity index (χ0) is 19.7. The van der Waals surface area contributed by atoms with E-state index in [1.807, 2.05) is 38.1 Å². The molecule has 0 atom stereocenters. The summed E-state index contributed by atoms with van der Waals surface area (Å²) >= 11 is 0. The molecule has 0 unspecified atom stereocenters. The molecule has 1 aromatic carbocycles. The Morgan fingerprint density at radius 1 is 1.04 bits per heavy atom. The third kappa shape index (κ3) is 3.53. The third-order valence-electron chi connectivity index (χ3n) is 4.91. The fraction of sp³-hybridized carbons (Fsp3) is 0.300. The number of carbonyl (C=O) groups excluding carboxylic acids is 2. The smallest absolute Gasteiger partial charge is 0.321 e. The lowest BCUT2D eigenvalue weighted by Gasteiger charge is -2.34. The molecule has 0 aliphatic carbocycles. The number of piperazine rings is 1. The van der Waals surface area contributed by atoms with Crippen LogP contribution in [0.25, 0.3) is 11.1 Å². The van der Waals surface area contributed by atoms with E-state index in [4.69, 9.17) is 4.52 Å². The number of hydrogen-bond donors (Lipinski definition) is 1. The van der Waals surface area contributed by atoms with Gasteiger partial charge in [-0.25, -0.2) is 9.78 Å². The van der Waals surface area contributed by atoms with Gasteiger partial charge in [0.2, 0.25) is 0 Å². The van der Waals surface area contributed by atoms with Crippen LogP contribution in [0.2, 0.25) is 0 Å². The van der Waals surface area contributed by atoms with Crippen molar-refractivity contribution in [1.29, 1.82) is 0 Å². The minimum absolute atomic E-state index is 0.103. The Labute approximate surface area is 162 Å². The van der Waals surface area contributed by atoms with Crippen molar-refractivity contribution in [2.24, 2.45) is 0 Å². The number of nitrogens with one attached hydrogen (secondary N) is 1. The number of urea groups is 1. The standard InChI is InChI=1S/C20H21N5O3/c1-13-3-5-16(6-4-13)22-20(27)25-9-7-24(8-10-25)19(26)15-11-17-14(2)23-28-18(17)21-12-15/h3-6,11-12H,7-10H2,1-2H3,(H,22,27). The Bertz CT molecular complexity index is 1020. The molecule has 0 spiro atoms. The number of benzene rings is 1. The molecule has 8 heteroatoms. The quantitative estimate of drug-likeness (QED) is 0.739. The summed E-state index contributed by atoms with van der Waals surface area (Å²) < 4.78 is 5.09. The highest BCUT2D eigenvalue weighted by Gasteiger charge is 2.25. The lowest BCUT2D eigenvalue weighted by atomic mass is 10.1. The van der Waals surface area contributed by atoms with Gasteiger partial charge in [-0.2, -0.15) is 0 Å². The molecule has 3 amide bonds. The van der Waals surface area contributed by atoms with Crippen molar-refractivity contribution in [2.75, 3.05) is 31.5 Å². The van der Waals surface area contributed by atoms with E-state index in [1.54, 1.807) is 15.9 Å². The van der Waals surface area contributed by atoms with E-state index in [0.29, 0.717) is 43.1 Å². The van der Waals surface area contributed by atoms with Crippen LogP contribution in [-0.2, 0) is 0 Å². The maximum absolute atomic E-state index is 12.8. The second-order valence-electron chi connectivity index (χ2n) is 6.92. The number of anilines is 1. The van der Waals surface area contributed by atoms with Gasteiger partial charge in [0.05, 0.1) is 16.6 Å². The first-order valence-electron chi connectivity index (χ1n) is 9.15. The summed E-state index contributed by atoms with van der Waals surface area (Å²) in [6, 6.07) is 9.26. The van der Waals surface area contributed by atoms with Gasteiger partial charge in [-0.05, 0) is 32.0 Å². The van der Waals surface area contributed by atoms with Gasteiger partial charge < -0.3 is 19.6 Å². The van der Waals surface area contributed by atoms with Crippen LogP contribution >= 0.6 is 0 Å². The van der Waals surface area contributed by atoms with Crippen LogP contribution in [0, 0.1) is 13.8 Å². The molecule has 0 radical (unpaired) electrons. The van der Waals surface area contributed by atoms with Gasteiger partial charge in [-0.1, -0.05) is 22.9 Å². The maximum atomic E-state index is 12.8. The predicted molar refractivity (Wildman–Crippen MR) is 104 cm³/mol. The molecule has 1 aliphatic heterocycles. The summed E-state index contributed by atoms with van der Waals surface area (Å²) in [4.78, 5) is 32.8. The maximum Gasteiger partial charge on any atom is 0.321 e. The molecule has 0 bridgehead atoms. The normalized spacial score (nSPS) is 14.4. The minimum Gasteiger partial charge on any atom is -0.336 e. The van der Waals surface area contributed by atoms with Gasteiger partial charge in [0.15, 0.2) is 0 Å². The number of carbonyl (C=O) groups is 2. The number of aromatic nitrogens is 2. The van der Waals surface area contributed by atoms with Crippen molar-refractivity contribution in [1.82, 2.24) is 19.9 Å². The van der Waals surface area contributed by atoms with Crippen LogP contribution in [0.5, 0.6) is 0 Å². The first-order chi connectivity index (χ1) is 13.5. The van der Waals surface area contributed by atoms with Crippen LogP contribution in [-0.4, -0.2) is 58.1 Å². The van der Waals surface area contributed by atoms with Crippen molar-refractivity contribution < 1.29 is 14.1 Å². The minimum atomic E-state index is -0.154. The summed E-state index contributed by atoms with van der Waals surface area (Å²) in [5.74, 6) is -0.103. The van der Waals surface area contributed by atoms with E-state index in [2.05, 4.69) is 15.5 Å².